The van der Waals surface area contributed by atoms with E-state index < -0.39 is 16.0 Å². The molecule has 5 nitrogen and oxygen atoms in total. The number of terminal acetylenes is 1. The van der Waals surface area contributed by atoms with Crippen LogP contribution in [0, 0.1) is 19.3 Å². The first-order valence-corrected chi connectivity index (χ1v) is 8.03. The number of hydrogen-bond donors (Lipinski definition) is 2. The Morgan fingerprint density at radius 1 is 1.50 bits per heavy atom. The van der Waals surface area contributed by atoms with Crippen LogP contribution in [0.2, 0.25) is 0 Å². The van der Waals surface area contributed by atoms with E-state index in [1.165, 1.54) is 6.07 Å². The molecule has 0 saturated carbocycles. The number of hydrogen-bond acceptors (Lipinski definition) is 3. The lowest BCUT2D eigenvalue weighted by Crippen LogP contribution is -2.26. The van der Waals surface area contributed by atoms with Crippen LogP contribution in [0.4, 0.5) is 0 Å². The number of benzene rings is 1. The van der Waals surface area contributed by atoms with Gasteiger partial charge in [0.2, 0.25) is 10.0 Å². The van der Waals surface area contributed by atoms with Crippen LogP contribution in [0.15, 0.2) is 21.5 Å². The van der Waals surface area contributed by atoms with Crippen LogP contribution in [0.25, 0.3) is 0 Å². The van der Waals surface area contributed by atoms with Crippen LogP contribution >= 0.6 is 15.9 Å². The highest BCUT2D eigenvalue weighted by atomic mass is 79.9. The Morgan fingerprint density at radius 3 is 2.70 bits per heavy atom. The minimum Gasteiger partial charge on any atom is -0.478 e. The van der Waals surface area contributed by atoms with Crippen LogP contribution in [-0.2, 0) is 10.0 Å². The van der Waals surface area contributed by atoms with E-state index in [0.29, 0.717) is 22.9 Å². The van der Waals surface area contributed by atoms with Crippen LogP contribution in [0.5, 0.6) is 0 Å². The van der Waals surface area contributed by atoms with Gasteiger partial charge in [0, 0.05) is 17.4 Å². The summed E-state index contributed by atoms with van der Waals surface area (Å²) < 4.78 is 27.2. The molecule has 0 spiro atoms. The SMILES string of the molecule is C#CCCCNS(=O)(=O)c1cc(C(=O)O)cc(Br)c1C. The standard InChI is InChI=1S/C13H14BrNO4S/c1-3-4-5-6-15-20(18,19)12-8-10(13(16)17)7-11(14)9(12)2/h1,7-8,15H,4-6H2,2H3,(H,16,17). The Morgan fingerprint density at radius 2 is 2.15 bits per heavy atom. The molecular formula is C13H14BrNO4S. The summed E-state index contributed by atoms with van der Waals surface area (Å²) in [6, 6.07) is 2.51. The molecule has 108 valence electrons. The van der Waals surface area contributed by atoms with Gasteiger partial charge < -0.3 is 5.11 Å². The Kier molecular flexibility index (Phi) is 5.74. The number of rotatable bonds is 6. The molecule has 0 radical (unpaired) electrons. The van der Waals surface area contributed by atoms with Crippen LogP contribution in [0.3, 0.4) is 0 Å². The number of carboxylic acid groups (broad SMARTS) is 1. The molecule has 0 aromatic heterocycles. The second-order valence-corrected chi connectivity index (χ2v) is 6.68. The summed E-state index contributed by atoms with van der Waals surface area (Å²) in [6.45, 7) is 1.81. The molecule has 2 N–H and O–H groups in total. The number of nitrogens with one attached hydrogen (secondary N) is 1. The largest absolute Gasteiger partial charge is 0.478 e. The van der Waals surface area contributed by atoms with Crippen molar-refractivity contribution in [2.24, 2.45) is 0 Å². The van der Waals surface area contributed by atoms with Gasteiger partial charge in [0.15, 0.2) is 0 Å². The van der Waals surface area contributed by atoms with Gasteiger partial charge in [-0.3, -0.25) is 0 Å². The molecule has 0 fully saturated rings. The number of unbranched alkanes of at least 4 members (excludes halogenated alkanes) is 1. The average Bonchev–Trinajstić information content (AvgIpc) is 2.37. The van der Waals surface area contributed by atoms with Crippen molar-refractivity contribution in [3.8, 4) is 12.3 Å². The zero-order chi connectivity index (χ0) is 15.3. The molecule has 0 saturated heterocycles. The zero-order valence-electron chi connectivity index (χ0n) is 10.8. The summed E-state index contributed by atoms with van der Waals surface area (Å²) >= 11 is 3.17. The minimum absolute atomic E-state index is 0.0509. The van der Waals surface area contributed by atoms with E-state index in [0.717, 1.165) is 6.07 Å². The fourth-order valence-corrected chi connectivity index (χ4v) is 3.49. The second-order valence-electron chi connectivity index (χ2n) is 4.09. The van der Waals surface area contributed by atoms with Gasteiger partial charge >= 0.3 is 5.97 Å². The summed E-state index contributed by atoms with van der Waals surface area (Å²) in [5.74, 6) is 1.23. The maximum absolute atomic E-state index is 12.2. The maximum atomic E-state index is 12.2. The first-order valence-electron chi connectivity index (χ1n) is 5.76. The molecule has 1 rings (SSSR count). The van der Waals surface area contributed by atoms with E-state index in [2.05, 4.69) is 26.6 Å². The van der Waals surface area contributed by atoms with Crippen molar-refractivity contribution in [2.45, 2.75) is 24.7 Å². The fourth-order valence-electron chi connectivity index (χ4n) is 1.53. The predicted molar refractivity (Wildman–Crippen MR) is 79.1 cm³/mol. The normalized spacial score (nSPS) is 11.1. The van der Waals surface area contributed by atoms with Crippen molar-refractivity contribution in [3.63, 3.8) is 0 Å². The second kappa shape index (κ2) is 6.88. The third-order valence-electron chi connectivity index (χ3n) is 2.62. The molecule has 20 heavy (non-hydrogen) atoms. The quantitative estimate of drug-likeness (QED) is 0.602. The molecule has 1 aromatic carbocycles. The molecule has 7 heteroatoms. The van der Waals surface area contributed by atoms with Gasteiger partial charge in [-0.15, -0.1) is 12.3 Å². The monoisotopic (exact) mass is 359 g/mol. The maximum Gasteiger partial charge on any atom is 0.335 e. The number of aromatic carboxylic acids is 1. The lowest BCUT2D eigenvalue weighted by atomic mass is 10.1. The molecule has 0 aliphatic heterocycles. The van der Waals surface area contributed by atoms with Crippen molar-refractivity contribution >= 4 is 31.9 Å². The van der Waals surface area contributed by atoms with Gasteiger partial charge in [0.1, 0.15) is 0 Å². The number of halogens is 1. The summed E-state index contributed by atoms with van der Waals surface area (Å²) in [4.78, 5) is 10.9. The van der Waals surface area contributed by atoms with E-state index in [9.17, 15) is 13.2 Å². The van der Waals surface area contributed by atoms with Crippen molar-refractivity contribution in [1.82, 2.24) is 4.72 Å². The van der Waals surface area contributed by atoms with Gasteiger partial charge in [0.25, 0.3) is 0 Å². The molecular weight excluding hydrogens is 346 g/mol. The topological polar surface area (TPSA) is 83.5 Å². The van der Waals surface area contributed by atoms with Crippen LogP contribution < -0.4 is 4.72 Å². The first-order chi connectivity index (χ1) is 9.29. The highest BCUT2D eigenvalue weighted by molar-refractivity contribution is 9.10. The highest BCUT2D eigenvalue weighted by Gasteiger charge is 2.20. The molecule has 0 amide bonds. The van der Waals surface area contributed by atoms with Gasteiger partial charge in [-0.2, -0.15) is 0 Å². The minimum atomic E-state index is -3.76. The van der Waals surface area contributed by atoms with E-state index in [1.54, 1.807) is 6.92 Å². The number of carbonyl (C=O) groups is 1. The first kappa shape index (κ1) is 16.7. The van der Waals surface area contributed by atoms with Crippen LogP contribution in [-0.4, -0.2) is 26.0 Å². The Balaban J connectivity index is 3.11. The van der Waals surface area contributed by atoms with Crippen LogP contribution in [0.1, 0.15) is 28.8 Å². The summed E-state index contributed by atoms with van der Waals surface area (Å²) in [5, 5.41) is 8.98. The summed E-state index contributed by atoms with van der Waals surface area (Å²) in [6.07, 6.45) is 6.08. The number of sulfonamides is 1. The van der Waals surface area contributed by atoms with Crippen molar-refractivity contribution < 1.29 is 18.3 Å². The van der Waals surface area contributed by atoms with Crippen molar-refractivity contribution in [3.05, 3.63) is 27.7 Å². The van der Waals surface area contributed by atoms with Crippen molar-refractivity contribution in [1.29, 1.82) is 0 Å². The average molecular weight is 360 g/mol. The Labute approximate surface area is 126 Å². The predicted octanol–water partition coefficient (Wildman–Crippen LogP) is 2.15. The molecule has 0 aliphatic carbocycles. The van der Waals surface area contributed by atoms with E-state index >= 15 is 0 Å². The highest BCUT2D eigenvalue weighted by Crippen LogP contribution is 2.25. The fraction of sp³-hybridized carbons (Fsp3) is 0.308. The van der Waals surface area contributed by atoms with Gasteiger partial charge in [-0.05, 0) is 31.0 Å². The third-order valence-corrected chi connectivity index (χ3v) is 5.03. The molecule has 0 atom stereocenters. The zero-order valence-corrected chi connectivity index (χ0v) is 13.2. The summed E-state index contributed by atoms with van der Waals surface area (Å²) in [5.41, 5.74) is 0.367. The molecule has 0 heterocycles. The van der Waals surface area contributed by atoms with Gasteiger partial charge in [0.05, 0.1) is 10.5 Å². The molecule has 1 aromatic rings. The molecule has 0 aliphatic rings. The molecule has 0 bridgehead atoms. The lowest BCUT2D eigenvalue weighted by molar-refractivity contribution is 0.0696. The summed E-state index contributed by atoms with van der Waals surface area (Å²) in [7, 11) is -3.76. The number of carboxylic acids is 1. The van der Waals surface area contributed by atoms with Gasteiger partial charge in [-0.25, -0.2) is 17.9 Å². The van der Waals surface area contributed by atoms with E-state index in [-0.39, 0.29) is 17.0 Å². The Hall–Kier alpha value is -1.36. The smallest absolute Gasteiger partial charge is 0.335 e. The van der Waals surface area contributed by atoms with Gasteiger partial charge in [-0.1, -0.05) is 15.9 Å². The lowest BCUT2D eigenvalue weighted by Gasteiger charge is -2.11. The van der Waals surface area contributed by atoms with Crippen molar-refractivity contribution in [2.75, 3.05) is 6.54 Å². The Bertz CT molecular complexity index is 662. The van der Waals surface area contributed by atoms with E-state index in [1.807, 2.05) is 0 Å². The third kappa shape index (κ3) is 4.07. The molecule has 0 unspecified atom stereocenters. The van der Waals surface area contributed by atoms with E-state index in [4.69, 9.17) is 11.5 Å².